The van der Waals surface area contributed by atoms with Crippen LogP contribution >= 0.6 is 12.4 Å². The third kappa shape index (κ3) is 4.01. The molecule has 24 heavy (non-hydrogen) atoms. The van der Waals surface area contributed by atoms with Gasteiger partial charge < -0.3 is 16.0 Å². The average Bonchev–Trinajstić information content (AvgIpc) is 2.92. The SMILES string of the molecule is CC1CCC(N2CC(C(=O)Nc3ccccc3N)CC2=O)CC1.Cl. The second-order valence-electron chi connectivity index (χ2n) is 6.94. The minimum Gasteiger partial charge on any atom is -0.397 e. The molecule has 0 spiro atoms. The van der Waals surface area contributed by atoms with Gasteiger partial charge in [0.1, 0.15) is 0 Å². The number of halogens is 1. The first-order valence-corrected chi connectivity index (χ1v) is 8.49. The first-order chi connectivity index (χ1) is 11.0. The van der Waals surface area contributed by atoms with Crippen LogP contribution in [0.4, 0.5) is 11.4 Å². The van der Waals surface area contributed by atoms with Gasteiger partial charge in [0, 0.05) is 19.0 Å². The van der Waals surface area contributed by atoms with E-state index >= 15 is 0 Å². The predicted octanol–water partition coefficient (Wildman–Crippen LogP) is 3.06. The number of nitrogens with zero attached hydrogens (tertiary/aromatic N) is 1. The summed E-state index contributed by atoms with van der Waals surface area (Å²) in [4.78, 5) is 26.7. The quantitative estimate of drug-likeness (QED) is 0.822. The van der Waals surface area contributed by atoms with Crippen molar-refractivity contribution in [2.75, 3.05) is 17.6 Å². The van der Waals surface area contributed by atoms with Crippen LogP contribution in [-0.4, -0.2) is 29.3 Å². The highest BCUT2D eigenvalue weighted by atomic mass is 35.5. The van der Waals surface area contributed by atoms with Crippen LogP contribution in [0.5, 0.6) is 0 Å². The number of amides is 2. The summed E-state index contributed by atoms with van der Waals surface area (Å²) in [5.74, 6) is 0.485. The largest absolute Gasteiger partial charge is 0.397 e. The molecule has 5 nitrogen and oxygen atoms in total. The molecule has 6 heteroatoms. The van der Waals surface area contributed by atoms with E-state index in [-0.39, 0.29) is 30.1 Å². The number of hydrogen-bond acceptors (Lipinski definition) is 3. The number of carbonyl (C=O) groups is 2. The number of carbonyl (C=O) groups excluding carboxylic acids is 2. The summed E-state index contributed by atoms with van der Waals surface area (Å²) < 4.78 is 0. The molecule has 2 amide bonds. The number of likely N-dealkylation sites (tertiary alicyclic amines) is 1. The number of nitrogen functional groups attached to an aromatic ring is 1. The molecular formula is C18H26ClN3O2. The van der Waals surface area contributed by atoms with Gasteiger partial charge in [0.15, 0.2) is 0 Å². The van der Waals surface area contributed by atoms with E-state index in [1.54, 1.807) is 12.1 Å². The van der Waals surface area contributed by atoms with Gasteiger partial charge in [0.05, 0.1) is 17.3 Å². The lowest BCUT2D eigenvalue weighted by atomic mass is 9.87. The highest BCUT2D eigenvalue weighted by Crippen LogP contribution is 2.31. The molecule has 2 fully saturated rings. The molecule has 1 aliphatic heterocycles. The zero-order valence-electron chi connectivity index (χ0n) is 14.0. The van der Waals surface area contributed by atoms with Crippen LogP contribution in [-0.2, 0) is 9.59 Å². The lowest BCUT2D eigenvalue weighted by Crippen LogP contribution is -2.39. The summed E-state index contributed by atoms with van der Waals surface area (Å²) >= 11 is 0. The molecule has 132 valence electrons. The summed E-state index contributed by atoms with van der Waals surface area (Å²) in [5.41, 5.74) is 7.02. The van der Waals surface area contributed by atoms with E-state index in [4.69, 9.17) is 5.73 Å². The minimum atomic E-state index is -0.276. The van der Waals surface area contributed by atoms with Crippen molar-refractivity contribution in [2.24, 2.45) is 11.8 Å². The summed E-state index contributed by atoms with van der Waals surface area (Å²) in [6.07, 6.45) is 4.78. The number of anilines is 2. The van der Waals surface area contributed by atoms with Gasteiger partial charge in [-0.2, -0.15) is 0 Å². The Morgan fingerprint density at radius 3 is 2.54 bits per heavy atom. The van der Waals surface area contributed by atoms with Crippen molar-refractivity contribution < 1.29 is 9.59 Å². The zero-order valence-corrected chi connectivity index (χ0v) is 14.8. The molecule has 1 aromatic rings. The van der Waals surface area contributed by atoms with Crippen LogP contribution < -0.4 is 11.1 Å². The fourth-order valence-electron chi connectivity index (χ4n) is 3.66. The normalized spacial score (nSPS) is 26.8. The Balaban J connectivity index is 0.00000208. The van der Waals surface area contributed by atoms with Crippen LogP contribution in [0.2, 0.25) is 0 Å². The second-order valence-corrected chi connectivity index (χ2v) is 6.94. The Hall–Kier alpha value is -1.75. The van der Waals surface area contributed by atoms with Crippen LogP contribution in [0.1, 0.15) is 39.0 Å². The first kappa shape index (κ1) is 18.6. The molecule has 1 aromatic carbocycles. The number of nitrogens with two attached hydrogens (primary N) is 1. The smallest absolute Gasteiger partial charge is 0.229 e. The summed E-state index contributed by atoms with van der Waals surface area (Å²) in [6.45, 7) is 2.80. The van der Waals surface area contributed by atoms with E-state index in [1.807, 2.05) is 17.0 Å². The number of para-hydroxylation sites is 2. The van der Waals surface area contributed by atoms with Crippen molar-refractivity contribution in [1.29, 1.82) is 0 Å². The fraction of sp³-hybridized carbons (Fsp3) is 0.556. The first-order valence-electron chi connectivity index (χ1n) is 8.49. The van der Waals surface area contributed by atoms with E-state index in [2.05, 4.69) is 12.2 Å². The molecule has 1 saturated carbocycles. The van der Waals surface area contributed by atoms with E-state index < -0.39 is 0 Å². The van der Waals surface area contributed by atoms with Crippen LogP contribution in [0.15, 0.2) is 24.3 Å². The molecule has 1 unspecified atom stereocenters. The summed E-state index contributed by atoms with van der Waals surface area (Å²) in [7, 11) is 0. The predicted molar refractivity (Wildman–Crippen MR) is 98.0 cm³/mol. The number of nitrogens with one attached hydrogen (secondary N) is 1. The van der Waals surface area contributed by atoms with Gasteiger partial charge in [-0.25, -0.2) is 0 Å². The highest BCUT2D eigenvalue weighted by molar-refractivity contribution is 5.99. The molecule has 1 atom stereocenters. The van der Waals surface area contributed by atoms with Crippen LogP contribution in [0, 0.1) is 11.8 Å². The van der Waals surface area contributed by atoms with Crippen molar-refractivity contribution in [1.82, 2.24) is 4.90 Å². The van der Waals surface area contributed by atoms with Gasteiger partial charge in [-0.3, -0.25) is 9.59 Å². The number of benzene rings is 1. The van der Waals surface area contributed by atoms with E-state index in [0.717, 1.165) is 18.8 Å². The lowest BCUT2D eigenvalue weighted by molar-refractivity contribution is -0.130. The Morgan fingerprint density at radius 2 is 1.88 bits per heavy atom. The maximum Gasteiger partial charge on any atom is 0.229 e. The highest BCUT2D eigenvalue weighted by Gasteiger charge is 2.38. The second kappa shape index (κ2) is 7.88. The number of hydrogen-bond donors (Lipinski definition) is 2. The molecule has 1 aliphatic carbocycles. The van der Waals surface area contributed by atoms with Crippen molar-refractivity contribution >= 4 is 35.6 Å². The van der Waals surface area contributed by atoms with Gasteiger partial charge in [0.2, 0.25) is 11.8 Å². The zero-order chi connectivity index (χ0) is 16.4. The van der Waals surface area contributed by atoms with Crippen molar-refractivity contribution in [3.8, 4) is 0 Å². The van der Waals surface area contributed by atoms with Gasteiger partial charge in [0.25, 0.3) is 0 Å². The van der Waals surface area contributed by atoms with Crippen LogP contribution in [0.3, 0.4) is 0 Å². The monoisotopic (exact) mass is 351 g/mol. The van der Waals surface area contributed by atoms with Crippen molar-refractivity contribution in [2.45, 2.75) is 45.1 Å². The topological polar surface area (TPSA) is 75.4 Å². The third-order valence-electron chi connectivity index (χ3n) is 5.17. The van der Waals surface area contributed by atoms with Gasteiger partial charge in [-0.15, -0.1) is 12.4 Å². The molecule has 3 rings (SSSR count). The van der Waals surface area contributed by atoms with E-state index in [1.165, 1.54) is 12.8 Å². The van der Waals surface area contributed by atoms with Crippen LogP contribution in [0.25, 0.3) is 0 Å². The lowest BCUT2D eigenvalue weighted by Gasteiger charge is -2.33. The van der Waals surface area contributed by atoms with Gasteiger partial charge >= 0.3 is 0 Å². The summed E-state index contributed by atoms with van der Waals surface area (Å²) in [5, 5.41) is 2.86. The van der Waals surface area contributed by atoms with Crippen molar-refractivity contribution in [3.63, 3.8) is 0 Å². The fourth-order valence-corrected chi connectivity index (χ4v) is 3.66. The Bertz CT molecular complexity index is 600. The maximum absolute atomic E-state index is 12.4. The molecule has 0 aromatic heterocycles. The van der Waals surface area contributed by atoms with Gasteiger partial charge in [-0.1, -0.05) is 19.1 Å². The summed E-state index contributed by atoms with van der Waals surface area (Å²) in [6, 6.07) is 7.52. The Kier molecular flexibility index (Phi) is 6.10. The number of rotatable bonds is 3. The Morgan fingerprint density at radius 1 is 1.21 bits per heavy atom. The van der Waals surface area contributed by atoms with E-state index in [9.17, 15) is 9.59 Å². The molecular weight excluding hydrogens is 326 g/mol. The molecule has 2 aliphatic rings. The van der Waals surface area contributed by atoms with E-state index in [0.29, 0.717) is 30.4 Å². The molecule has 3 N–H and O–H groups in total. The third-order valence-corrected chi connectivity index (χ3v) is 5.17. The molecule has 0 radical (unpaired) electrons. The van der Waals surface area contributed by atoms with Crippen molar-refractivity contribution in [3.05, 3.63) is 24.3 Å². The van der Waals surface area contributed by atoms with Gasteiger partial charge in [-0.05, 0) is 43.7 Å². The molecule has 1 saturated heterocycles. The Labute approximate surface area is 149 Å². The molecule has 1 heterocycles. The molecule has 0 bridgehead atoms. The maximum atomic E-state index is 12.4. The average molecular weight is 352 g/mol. The standard InChI is InChI=1S/C18H25N3O2.ClH/c1-12-6-8-14(9-7-12)21-11-13(10-17(21)22)18(23)20-16-5-3-2-4-15(16)19;/h2-5,12-14H,6-11,19H2,1H3,(H,20,23);1H. The minimum absolute atomic E-state index is 0.